The highest BCUT2D eigenvalue weighted by atomic mass is 32.1. The van der Waals surface area contributed by atoms with Gasteiger partial charge in [-0.3, -0.25) is 4.79 Å². The van der Waals surface area contributed by atoms with Crippen LogP contribution in [0.2, 0.25) is 0 Å². The molecule has 0 fully saturated rings. The highest BCUT2D eigenvalue weighted by molar-refractivity contribution is 7.14. The summed E-state index contributed by atoms with van der Waals surface area (Å²) in [4.78, 5) is 23.2. The normalized spacial score (nSPS) is 9.71. The molecule has 21 heavy (non-hydrogen) atoms. The first-order valence-electron chi connectivity index (χ1n) is 5.81. The van der Waals surface area contributed by atoms with E-state index in [9.17, 15) is 14.0 Å². The number of nitriles is 1. The van der Waals surface area contributed by atoms with Crippen LogP contribution >= 0.6 is 11.3 Å². The fourth-order valence-electron chi connectivity index (χ4n) is 1.49. The third-order valence-corrected chi connectivity index (χ3v) is 3.30. The molecule has 1 heterocycles. The highest BCUT2D eigenvalue weighted by Crippen LogP contribution is 2.21. The number of ether oxygens (including phenoxy) is 1. The van der Waals surface area contributed by atoms with Gasteiger partial charge in [-0.25, -0.2) is 9.18 Å². The zero-order valence-electron chi connectivity index (χ0n) is 10.6. The molecule has 0 spiro atoms. The zero-order chi connectivity index (χ0) is 15.2. The van der Waals surface area contributed by atoms with Crippen LogP contribution in [0.4, 0.5) is 9.39 Å². The summed E-state index contributed by atoms with van der Waals surface area (Å²) in [5.41, 5.74) is 0.0907. The maximum atomic E-state index is 13.3. The fourth-order valence-corrected chi connectivity index (χ4v) is 2.25. The molecule has 0 radical (unpaired) electrons. The lowest BCUT2D eigenvalue weighted by atomic mass is 10.2. The molecule has 0 saturated heterocycles. The van der Waals surface area contributed by atoms with Gasteiger partial charge in [-0.15, -0.1) is 11.3 Å². The standard InChI is InChI=1S/C14H9FN2O3S/c15-11-4-2-1-3-10(11)14(19)20-8-12(18)17-13-9(7-16)5-6-21-13/h1-6H,8H2,(H,17,18). The van der Waals surface area contributed by atoms with Crippen LogP contribution in [0.5, 0.6) is 0 Å². The van der Waals surface area contributed by atoms with Gasteiger partial charge >= 0.3 is 5.97 Å². The molecular formula is C14H9FN2O3S. The van der Waals surface area contributed by atoms with Crippen molar-refractivity contribution in [3.8, 4) is 6.07 Å². The Morgan fingerprint density at radius 2 is 2.10 bits per heavy atom. The van der Waals surface area contributed by atoms with Crippen molar-refractivity contribution in [2.75, 3.05) is 11.9 Å². The Labute approximate surface area is 123 Å². The lowest BCUT2D eigenvalue weighted by molar-refractivity contribution is -0.119. The predicted molar refractivity (Wildman–Crippen MR) is 74.3 cm³/mol. The Bertz CT molecular complexity index is 721. The number of carbonyl (C=O) groups excluding carboxylic acids is 2. The van der Waals surface area contributed by atoms with E-state index in [1.165, 1.54) is 29.5 Å². The number of rotatable bonds is 4. The molecule has 2 rings (SSSR count). The summed E-state index contributed by atoms with van der Waals surface area (Å²) in [5.74, 6) is -2.23. The van der Waals surface area contributed by atoms with Gasteiger partial charge in [0.05, 0.1) is 11.1 Å². The van der Waals surface area contributed by atoms with Gasteiger partial charge in [-0.05, 0) is 23.6 Å². The molecular weight excluding hydrogens is 295 g/mol. The summed E-state index contributed by atoms with van der Waals surface area (Å²) in [6.45, 7) is -0.560. The third kappa shape index (κ3) is 3.64. The van der Waals surface area contributed by atoms with Crippen LogP contribution in [0.25, 0.3) is 0 Å². The molecule has 1 aromatic carbocycles. The van der Waals surface area contributed by atoms with E-state index in [2.05, 4.69) is 5.32 Å². The number of carbonyl (C=O) groups is 2. The summed E-state index contributed by atoms with van der Waals surface area (Å²) >= 11 is 1.18. The smallest absolute Gasteiger partial charge is 0.341 e. The molecule has 0 aliphatic heterocycles. The second-order valence-electron chi connectivity index (χ2n) is 3.88. The van der Waals surface area contributed by atoms with E-state index in [0.29, 0.717) is 10.6 Å². The maximum absolute atomic E-state index is 13.3. The minimum atomic E-state index is -0.921. The van der Waals surface area contributed by atoms with E-state index in [1.54, 1.807) is 11.4 Å². The van der Waals surface area contributed by atoms with Gasteiger partial charge in [0.2, 0.25) is 0 Å². The van der Waals surface area contributed by atoms with Crippen molar-refractivity contribution >= 4 is 28.2 Å². The second-order valence-corrected chi connectivity index (χ2v) is 4.80. The average Bonchev–Trinajstić information content (AvgIpc) is 2.92. The summed E-state index contributed by atoms with van der Waals surface area (Å²) in [7, 11) is 0. The molecule has 0 aliphatic carbocycles. The van der Waals surface area contributed by atoms with Crippen LogP contribution < -0.4 is 5.32 Å². The first-order chi connectivity index (χ1) is 10.1. The molecule has 1 amide bonds. The Balaban J connectivity index is 1.92. The topological polar surface area (TPSA) is 79.2 Å². The number of amides is 1. The predicted octanol–water partition coefficient (Wildman–Crippen LogP) is 2.55. The number of hydrogen-bond donors (Lipinski definition) is 1. The van der Waals surface area contributed by atoms with Gasteiger partial charge in [0.1, 0.15) is 16.9 Å². The van der Waals surface area contributed by atoms with Crippen LogP contribution in [0, 0.1) is 17.1 Å². The lowest BCUT2D eigenvalue weighted by Crippen LogP contribution is -2.21. The Kier molecular flexibility index (Phi) is 4.64. The van der Waals surface area contributed by atoms with Gasteiger partial charge in [0, 0.05) is 0 Å². The van der Waals surface area contributed by atoms with Crippen LogP contribution in [0.1, 0.15) is 15.9 Å². The highest BCUT2D eigenvalue weighted by Gasteiger charge is 2.15. The molecule has 7 heteroatoms. The van der Waals surface area contributed by atoms with Crippen LogP contribution in [0.15, 0.2) is 35.7 Å². The Hall–Kier alpha value is -2.72. The third-order valence-electron chi connectivity index (χ3n) is 2.47. The lowest BCUT2D eigenvalue weighted by Gasteiger charge is -2.06. The monoisotopic (exact) mass is 304 g/mol. The van der Waals surface area contributed by atoms with Gasteiger partial charge in [-0.2, -0.15) is 5.26 Å². The van der Waals surface area contributed by atoms with E-state index in [0.717, 1.165) is 6.07 Å². The van der Waals surface area contributed by atoms with Gasteiger partial charge in [0.25, 0.3) is 5.91 Å². The maximum Gasteiger partial charge on any atom is 0.341 e. The van der Waals surface area contributed by atoms with E-state index >= 15 is 0 Å². The molecule has 0 aliphatic rings. The average molecular weight is 304 g/mol. The van der Waals surface area contributed by atoms with E-state index < -0.39 is 24.3 Å². The molecule has 0 unspecified atom stereocenters. The Morgan fingerprint density at radius 3 is 2.81 bits per heavy atom. The van der Waals surface area contributed by atoms with Crippen LogP contribution in [0.3, 0.4) is 0 Å². The minimum absolute atomic E-state index is 0.237. The van der Waals surface area contributed by atoms with Crippen molar-refractivity contribution in [2.45, 2.75) is 0 Å². The molecule has 5 nitrogen and oxygen atoms in total. The molecule has 0 saturated carbocycles. The number of anilines is 1. The summed E-state index contributed by atoms with van der Waals surface area (Å²) in [6, 6.07) is 8.81. The molecule has 1 N–H and O–H groups in total. The van der Waals surface area contributed by atoms with E-state index in [-0.39, 0.29) is 5.56 Å². The van der Waals surface area contributed by atoms with Crippen molar-refractivity contribution < 1.29 is 18.7 Å². The van der Waals surface area contributed by atoms with Crippen LogP contribution in [-0.2, 0) is 9.53 Å². The van der Waals surface area contributed by atoms with Crippen molar-refractivity contribution in [1.82, 2.24) is 0 Å². The molecule has 2 aromatic rings. The number of esters is 1. The van der Waals surface area contributed by atoms with Crippen molar-refractivity contribution in [3.63, 3.8) is 0 Å². The van der Waals surface area contributed by atoms with Crippen molar-refractivity contribution in [3.05, 3.63) is 52.7 Å². The van der Waals surface area contributed by atoms with Crippen LogP contribution in [-0.4, -0.2) is 18.5 Å². The van der Waals surface area contributed by atoms with Gasteiger partial charge < -0.3 is 10.1 Å². The molecule has 0 atom stereocenters. The van der Waals surface area contributed by atoms with Gasteiger partial charge in [-0.1, -0.05) is 12.1 Å². The van der Waals surface area contributed by atoms with E-state index in [1.807, 2.05) is 6.07 Å². The Morgan fingerprint density at radius 1 is 1.33 bits per heavy atom. The quantitative estimate of drug-likeness (QED) is 0.880. The first-order valence-corrected chi connectivity index (χ1v) is 6.69. The SMILES string of the molecule is N#Cc1ccsc1NC(=O)COC(=O)c1ccccc1F. The summed E-state index contributed by atoms with van der Waals surface area (Å²) < 4.78 is 18.1. The van der Waals surface area contributed by atoms with E-state index in [4.69, 9.17) is 10.00 Å². The number of thiophene rings is 1. The summed E-state index contributed by atoms with van der Waals surface area (Å²) in [5, 5.41) is 13.3. The van der Waals surface area contributed by atoms with Crippen molar-refractivity contribution in [2.24, 2.45) is 0 Å². The second kappa shape index (κ2) is 6.63. The molecule has 0 bridgehead atoms. The molecule has 106 valence electrons. The van der Waals surface area contributed by atoms with Crippen molar-refractivity contribution in [1.29, 1.82) is 5.26 Å². The molecule has 1 aromatic heterocycles. The van der Waals surface area contributed by atoms with Gasteiger partial charge in [0.15, 0.2) is 6.61 Å². The largest absolute Gasteiger partial charge is 0.452 e. The zero-order valence-corrected chi connectivity index (χ0v) is 11.4. The number of halogens is 1. The fraction of sp³-hybridized carbons (Fsp3) is 0.0714. The summed E-state index contributed by atoms with van der Waals surface area (Å²) in [6.07, 6.45) is 0. The number of hydrogen-bond acceptors (Lipinski definition) is 5. The number of nitrogens with one attached hydrogen (secondary N) is 1. The number of nitrogens with zero attached hydrogens (tertiary/aromatic N) is 1. The minimum Gasteiger partial charge on any atom is -0.452 e. The number of benzene rings is 1. The first kappa shape index (κ1) is 14.7.